The summed E-state index contributed by atoms with van der Waals surface area (Å²) in [4.78, 5) is 15.4. The van der Waals surface area contributed by atoms with E-state index in [0.717, 1.165) is 6.07 Å². The largest absolute Gasteiger partial charge is 0.478 e. The molecule has 2 aromatic rings. The molecule has 19 heavy (non-hydrogen) atoms. The van der Waals surface area contributed by atoms with Crippen LogP contribution in [0.25, 0.3) is 0 Å². The van der Waals surface area contributed by atoms with Gasteiger partial charge in [0, 0.05) is 11.1 Å². The van der Waals surface area contributed by atoms with E-state index in [0.29, 0.717) is 15.5 Å². The fourth-order valence-corrected chi connectivity index (χ4v) is 2.16. The second-order valence-corrected chi connectivity index (χ2v) is 4.64. The Balaban J connectivity index is 2.25. The van der Waals surface area contributed by atoms with E-state index in [2.05, 4.69) is 4.98 Å². The summed E-state index contributed by atoms with van der Waals surface area (Å²) in [6, 6.07) is 9.04. The Labute approximate surface area is 112 Å². The van der Waals surface area contributed by atoms with Gasteiger partial charge >= 0.3 is 5.97 Å². The van der Waals surface area contributed by atoms with Gasteiger partial charge in [-0.3, -0.25) is 0 Å². The van der Waals surface area contributed by atoms with Gasteiger partial charge in [-0.05, 0) is 30.3 Å². The molecule has 0 atom stereocenters. The highest BCUT2D eigenvalue weighted by Gasteiger charge is 2.11. The van der Waals surface area contributed by atoms with Crippen molar-refractivity contribution in [3.63, 3.8) is 0 Å². The second-order valence-electron chi connectivity index (χ2n) is 3.55. The summed E-state index contributed by atoms with van der Waals surface area (Å²) >= 11 is 1.20. The van der Waals surface area contributed by atoms with Crippen molar-refractivity contribution in [2.45, 2.75) is 9.92 Å². The van der Waals surface area contributed by atoms with Gasteiger partial charge in [-0.15, -0.1) is 0 Å². The smallest absolute Gasteiger partial charge is 0.338 e. The monoisotopic (exact) mass is 274 g/mol. The molecule has 0 unspecified atom stereocenters. The molecule has 0 aliphatic carbocycles. The van der Waals surface area contributed by atoms with E-state index in [1.165, 1.54) is 30.1 Å². The number of carbonyl (C=O) groups is 1. The van der Waals surface area contributed by atoms with Gasteiger partial charge in [-0.2, -0.15) is 5.26 Å². The van der Waals surface area contributed by atoms with E-state index in [9.17, 15) is 9.18 Å². The molecule has 1 aromatic carbocycles. The first kappa shape index (κ1) is 13.1. The van der Waals surface area contributed by atoms with Crippen molar-refractivity contribution in [3.05, 3.63) is 53.5 Å². The Kier molecular flexibility index (Phi) is 3.78. The molecule has 0 amide bonds. The summed E-state index contributed by atoms with van der Waals surface area (Å²) in [5.41, 5.74) is 0.0633. The van der Waals surface area contributed by atoms with Crippen LogP contribution in [-0.2, 0) is 0 Å². The number of aromatic nitrogens is 1. The number of nitriles is 1. The topological polar surface area (TPSA) is 74.0 Å². The molecule has 1 heterocycles. The molecule has 0 saturated carbocycles. The van der Waals surface area contributed by atoms with Crippen LogP contribution in [0, 0.1) is 17.1 Å². The zero-order valence-corrected chi connectivity index (χ0v) is 10.3. The number of hydrogen-bond acceptors (Lipinski definition) is 4. The fraction of sp³-hybridized carbons (Fsp3) is 0. The highest BCUT2D eigenvalue weighted by Crippen LogP contribution is 2.27. The molecule has 4 nitrogen and oxygen atoms in total. The first-order valence-electron chi connectivity index (χ1n) is 5.17. The molecule has 0 radical (unpaired) electrons. The summed E-state index contributed by atoms with van der Waals surface area (Å²) in [5.74, 6) is -2.09. The third-order valence-electron chi connectivity index (χ3n) is 2.26. The summed E-state index contributed by atoms with van der Waals surface area (Å²) in [6.45, 7) is 0. The molecule has 6 heteroatoms. The maximum atomic E-state index is 13.2. The van der Waals surface area contributed by atoms with Crippen LogP contribution in [-0.4, -0.2) is 16.1 Å². The van der Waals surface area contributed by atoms with E-state index in [4.69, 9.17) is 10.4 Å². The van der Waals surface area contributed by atoms with Crippen LogP contribution in [0.15, 0.2) is 46.5 Å². The maximum Gasteiger partial charge on any atom is 0.338 e. The fourth-order valence-electron chi connectivity index (χ4n) is 1.36. The summed E-state index contributed by atoms with van der Waals surface area (Å²) in [5, 5.41) is 18.1. The van der Waals surface area contributed by atoms with Crippen LogP contribution >= 0.6 is 11.8 Å². The molecule has 1 aromatic heterocycles. The van der Waals surface area contributed by atoms with Crippen LogP contribution in [0.2, 0.25) is 0 Å². The molecule has 0 saturated heterocycles. The molecular formula is C13H7FN2O2S. The normalized spacial score (nSPS) is 9.89. The summed E-state index contributed by atoms with van der Waals surface area (Å²) < 4.78 is 13.2. The Hall–Kier alpha value is -2.39. The van der Waals surface area contributed by atoms with Gasteiger partial charge in [0.15, 0.2) is 0 Å². The zero-order valence-electron chi connectivity index (χ0n) is 9.50. The van der Waals surface area contributed by atoms with Crippen LogP contribution in [0.1, 0.15) is 15.9 Å². The van der Waals surface area contributed by atoms with E-state index >= 15 is 0 Å². The van der Waals surface area contributed by atoms with Crippen LogP contribution in [0.3, 0.4) is 0 Å². The Bertz CT molecular complexity index is 665. The highest BCUT2D eigenvalue weighted by atomic mass is 32.2. The van der Waals surface area contributed by atoms with Gasteiger partial charge in [0.1, 0.15) is 16.9 Å². The Morgan fingerprint density at radius 1 is 1.37 bits per heavy atom. The van der Waals surface area contributed by atoms with Gasteiger partial charge in [-0.25, -0.2) is 14.2 Å². The van der Waals surface area contributed by atoms with Crippen molar-refractivity contribution < 1.29 is 14.3 Å². The zero-order chi connectivity index (χ0) is 13.8. The average molecular weight is 274 g/mol. The second kappa shape index (κ2) is 5.50. The minimum Gasteiger partial charge on any atom is -0.478 e. The van der Waals surface area contributed by atoms with Gasteiger partial charge < -0.3 is 5.11 Å². The van der Waals surface area contributed by atoms with E-state index < -0.39 is 11.8 Å². The van der Waals surface area contributed by atoms with Crippen molar-refractivity contribution in [2.75, 3.05) is 0 Å². The van der Waals surface area contributed by atoms with Crippen molar-refractivity contribution in [1.29, 1.82) is 5.26 Å². The number of hydrogen-bond donors (Lipinski definition) is 1. The van der Waals surface area contributed by atoms with Gasteiger partial charge in [-0.1, -0.05) is 11.8 Å². The number of benzene rings is 1. The molecule has 1 N–H and O–H groups in total. The molecule has 0 bridgehead atoms. The number of halogens is 1. The number of rotatable bonds is 3. The van der Waals surface area contributed by atoms with Gasteiger partial charge in [0.25, 0.3) is 0 Å². The first-order valence-corrected chi connectivity index (χ1v) is 5.98. The molecule has 2 rings (SSSR count). The number of carboxylic acid groups (broad SMARTS) is 1. The SMILES string of the molecule is N#Cc1ccc(Sc2ccc(F)c(C(=O)O)c2)nc1. The van der Waals surface area contributed by atoms with Crippen molar-refractivity contribution in [2.24, 2.45) is 0 Å². The third kappa shape index (κ3) is 3.09. The third-order valence-corrected chi connectivity index (χ3v) is 3.20. The molecule has 0 aliphatic rings. The summed E-state index contributed by atoms with van der Waals surface area (Å²) in [6.07, 6.45) is 1.42. The lowest BCUT2D eigenvalue weighted by Gasteiger charge is -2.03. The molecule has 94 valence electrons. The minimum atomic E-state index is -1.31. The first-order chi connectivity index (χ1) is 9.10. The van der Waals surface area contributed by atoms with Gasteiger partial charge in [0.2, 0.25) is 0 Å². The molecule has 0 spiro atoms. The van der Waals surface area contributed by atoms with E-state index in [1.807, 2.05) is 6.07 Å². The van der Waals surface area contributed by atoms with Gasteiger partial charge in [0.05, 0.1) is 11.1 Å². The van der Waals surface area contributed by atoms with Crippen LogP contribution in [0.5, 0.6) is 0 Å². The number of pyridine rings is 1. The lowest BCUT2D eigenvalue weighted by molar-refractivity contribution is 0.0691. The van der Waals surface area contributed by atoms with Crippen LogP contribution in [0.4, 0.5) is 4.39 Å². The number of carboxylic acids is 1. The molecular weight excluding hydrogens is 267 g/mol. The lowest BCUT2D eigenvalue weighted by atomic mass is 10.2. The Morgan fingerprint density at radius 2 is 2.16 bits per heavy atom. The average Bonchev–Trinajstić information content (AvgIpc) is 2.41. The van der Waals surface area contributed by atoms with E-state index in [1.54, 1.807) is 12.1 Å². The van der Waals surface area contributed by atoms with Crippen LogP contribution < -0.4 is 0 Å². The van der Waals surface area contributed by atoms with Crippen molar-refractivity contribution >= 4 is 17.7 Å². The van der Waals surface area contributed by atoms with E-state index in [-0.39, 0.29) is 5.56 Å². The number of nitrogens with zero attached hydrogens (tertiary/aromatic N) is 2. The quantitative estimate of drug-likeness (QED) is 0.931. The Morgan fingerprint density at radius 3 is 2.74 bits per heavy atom. The molecule has 0 aliphatic heterocycles. The predicted octanol–water partition coefficient (Wildman–Crippen LogP) is 2.94. The summed E-state index contributed by atoms with van der Waals surface area (Å²) in [7, 11) is 0. The molecule has 0 fully saturated rings. The number of aromatic carboxylic acids is 1. The predicted molar refractivity (Wildman–Crippen MR) is 66.4 cm³/mol. The van der Waals surface area contributed by atoms with Crippen molar-refractivity contribution in [3.8, 4) is 6.07 Å². The minimum absolute atomic E-state index is 0.376. The lowest BCUT2D eigenvalue weighted by Crippen LogP contribution is -2.00. The van der Waals surface area contributed by atoms with Crippen molar-refractivity contribution in [1.82, 2.24) is 4.98 Å². The standard InChI is InChI=1S/C13H7FN2O2S/c14-11-3-2-9(5-10(11)13(17)18)19-12-4-1-8(6-15)7-16-12/h1-5,7H,(H,17,18). The maximum absolute atomic E-state index is 13.2. The highest BCUT2D eigenvalue weighted by molar-refractivity contribution is 7.99.